The first-order valence-electron chi connectivity index (χ1n) is 7.90. The predicted molar refractivity (Wildman–Crippen MR) is 108 cm³/mol. The Balaban J connectivity index is 0.000000217. The number of hydrogen-bond acceptors (Lipinski definition) is 0. The van der Waals surface area contributed by atoms with Crippen LogP contribution < -0.4 is 0 Å². The van der Waals surface area contributed by atoms with Crippen molar-refractivity contribution < 1.29 is 0 Å². The van der Waals surface area contributed by atoms with Crippen molar-refractivity contribution in [2.45, 2.75) is 0 Å². The summed E-state index contributed by atoms with van der Waals surface area (Å²) in [6, 6.07) is 22.0. The summed E-state index contributed by atoms with van der Waals surface area (Å²) in [6.45, 7) is 0. The molecule has 2 aliphatic carbocycles. The molecule has 1 heteroatoms. The van der Waals surface area contributed by atoms with E-state index in [-0.39, 0.29) is 0 Å². The van der Waals surface area contributed by atoms with E-state index in [0.717, 1.165) is 32.7 Å². The van der Waals surface area contributed by atoms with Crippen LogP contribution in [-0.4, -0.2) is 0 Å². The highest BCUT2D eigenvalue weighted by molar-refractivity contribution is 6.31. The van der Waals surface area contributed by atoms with Gasteiger partial charge in [-0.1, -0.05) is 78.0 Å². The highest BCUT2D eigenvalue weighted by Gasteiger charge is 2.11. The monoisotopic (exact) mass is 336 g/mol. The van der Waals surface area contributed by atoms with Crippen LogP contribution in [0, 0.1) is 24.7 Å². The molecule has 25 heavy (non-hydrogen) atoms. The Morgan fingerprint density at radius 3 is 1.52 bits per heavy atom. The molecule has 0 bridgehead atoms. The third-order valence-corrected chi connectivity index (χ3v) is 4.73. The van der Waals surface area contributed by atoms with E-state index in [9.17, 15) is 0 Å². The van der Waals surface area contributed by atoms with Crippen LogP contribution in [0.5, 0.6) is 0 Å². The highest BCUT2D eigenvalue weighted by atomic mass is 35.5. The second kappa shape index (κ2) is 6.03. The molecular formula is C24H13Cl. The Hall–Kier alpha value is -3.19. The summed E-state index contributed by atoms with van der Waals surface area (Å²) in [5.41, 5.74) is 4.55. The minimum atomic E-state index is 0.655. The van der Waals surface area contributed by atoms with Crippen LogP contribution >= 0.6 is 11.6 Å². The molecule has 0 amide bonds. The molecule has 0 aromatic heterocycles. The molecule has 116 valence electrons. The van der Waals surface area contributed by atoms with Gasteiger partial charge < -0.3 is 0 Å². The van der Waals surface area contributed by atoms with E-state index < -0.39 is 0 Å². The quantitative estimate of drug-likeness (QED) is 0.231. The summed E-state index contributed by atoms with van der Waals surface area (Å²) in [5, 5.41) is 4.56. The zero-order chi connectivity index (χ0) is 17.4. The van der Waals surface area contributed by atoms with Gasteiger partial charge >= 0.3 is 0 Å². The number of hydrogen-bond donors (Lipinski definition) is 0. The summed E-state index contributed by atoms with van der Waals surface area (Å²) in [7, 11) is 0. The van der Waals surface area contributed by atoms with Gasteiger partial charge in [0.05, 0.1) is 0 Å². The van der Waals surface area contributed by atoms with Crippen molar-refractivity contribution in [3.63, 3.8) is 0 Å². The number of halogens is 1. The maximum Gasteiger partial charge on any atom is 0.0412 e. The lowest BCUT2D eigenvalue weighted by molar-refractivity contribution is 1.55. The Kier molecular flexibility index (Phi) is 3.70. The van der Waals surface area contributed by atoms with Crippen LogP contribution in [0.15, 0.2) is 66.7 Å². The fourth-order valence-corrected chi connectivity index (χ4v) is 3.30. The second-order valence-corrected chi connectivity index (χ2v) is 6.29. The van der Waals surface area contributed by atoms with Gasteiger partial charge in [-0.25, -0.2) is 0 Å². The van der Waals surface area contributed by atoms with Gasteiger partial charge in [-0.05, 0) is 39.4 Å². The van der Waals surface area contributed by atoms with Crippen molar-refractivity contribution in [3.8, 4) is 35.8 Å². The maximum absolute atomic E-state index is 6.07. The van der Waals surface area contributed by atoms with Crippen LogP contribution in [0.2, 0.25) is 5.02 Å². The first-order chi connectivity index (χ1) is 12.2. The van der Waals surface area contributed by atoms with Crippen LogP contribution in [0.4, 0.5) is 0 Å². The highest BCUT2D eigenvalue weighted by Crippen LogP contribution is 2.33. The van der Waals surface area contributed by atoms with Gasteiger partial charge in [0.2, 0.25) is 0 Å². The third kappa shape index (κ3) is 2.45. The normalized spacial score (nSPS) is 10.5. The topological polar surface area (TPSA) is 0 Å². The smallest absolute Gasteiger partial charge is 0.0412 e. The first kappa shape index (κ1) is 15.3. The fraction of sp³-hybridized carbons (Fsp3) is 0. The van der Waals surface area contributed by atoms with Gasteiger partial charge in [0.25, 0.3) is 0 Å². The Morgan fingerprint density at radius 2 is 1.08 bits per heavy atom. The van der Waals surface area contributed by atoms with E-state index >= 15 is 0 Å². The van der Waals surface area contributed by atoms with Gasteiger partial charge in [0.15, 0.2) is 0 Å². The molecule has 0 atom stereocenters. The molecule has 0 saturated heterocycles. The van der Waals surface area contributed by atoms with Crippen LogP contribution in [0.1, 0.15) is 11.1 Å². The van der Waals surface area contributed by atoms with Crippen molar-refractivity contribution >= 4 is 33.1 Å². The number of rotatable bonds is 0. The number of terminal acetylenes is 2. The average molecular weight is 337 g/mol. The van der Waals surface area contributed by atoms with Gasteiger partial charge in [0, 0.05) is 21.5 Å². The Labute approximate surface area is 152 Å². The second-order valence-electron chi connectivity index (χ2n) is 5.85. The maximum atomic E-state index is 6.07. The minimum Gasteiger partial charge on any atom is -0.115 e. The van der Waals surface area contributed by atoms with Crippen LogP contribution in [0.25, 0.3) is 32.7 Å². The number of fused-ring (bicyclic) bond motifs is 3. The predicted octanol–water partition coefficient (Wildman–Crippen LogP) is 6.28. The molecular weight excluding hydrogens is 324 g/mol. The van der Waals surface area contributed by atoms with Gasteiger partial charge in [-0.3, -0.25) is 0 Å². The molecule has 0 unspecified atom stereocenters. The average Bonchev–Trinajstić information content (AvgIpc) is 2.63. The zero-order valence-electron chi connectivity index (χ0n) is 13.4. The summed E-state index contributed by atoms with van der Waals surface area (Å²) in [4.78, 5) is 0. The molecule has 0 saturated carbocycles. The van der Waals surface area contributed by atoms with Crippen LogP contribution in [-0.2, 0) is 0 Å². The lowest BCUT2D eigenvalue weighted by atomic mass is 9.92. The molecule has 0 spiro atoms. The van der Waals surface area contributed by atoms with Crippen LogP contribution in [0.3, 0.4) is 0 Å². The molecule has 3 aromatic rings. The molecule has 0 N–H and O–H groups in total. The van der Waals surface area contributed by atoms with Gasteiger partial charge in [0.1, 0.15) is 0 Å². The van der Waals surface area contributed by atoms with E-state index in [0.29, 0.717) is 5.02 Å². The van der Waals surface area contributed by atoms with E-state index in [4.69, 9.17) is 24.4 Å². The summed E-state index contributed by atoms with van der Waals surface area (Å²) >= 11 is 6.07. The zero-order valence-corrected chi connectivity index (χ0v) is 14.1. The van der Waals surface area contributed by atoms with Crippen molar-refractivity contribution in [2.75, 3.05) is 0 Å². The van der Waals surface area contributed by atoms with Crippen molar-refractivity contribution in [1.82, 2.24) is 0 Å². The molecule has 2 aliphatic rings. The van der Waals surface area contributed by atoms with Crippen molar-refractivity contribution in [3.05, 3.63) is 82.9 Å². The molecule has 0 aliphatic heterocycles. The largest absolute Gasteiger partial charge is 0.115 e. The fourth-order valence-electron chi connectivity index (χ4n) is 3.12. The lowest BCUT2D eigenvalue weighted by Crippen LogP contribution is -1.89. The first-order valence-corrected chi connectivity index (χ1v) is 8.28. The van der Waals surface area contributed by atoms with Crippen molar-refractivity contribution in [1.29, 1.82) is 0 Å². The summed E-state index contributed by atoms with van der Waals surface area (Å²) < 4.78 is 0. The van der Waals surface area contributed by atoms with Crippen molar-refractivity contribution in [2.24, 2.45) is 0 Å². The minimum absolute atomic E-state index is 0.655. The molecule has 0 heterocycles. The molecule has 0 fully saturated rings. The molecule has 5 rings (SSSR count). The Morgan fingerprint density at radius 1 is 0.600 bits per heavy atom. The SMILES string of the molecule is C#Cc1c2ccccc2c(C#C)c2cc(Cl)ccc12.c1cc2ccc1-2. The van der Waals surface area contributed by atoms with Gasteiger partial charge in [-0.2, -0.15) is 0 Å². The Bertz CT molecular complexity index is 1180. The molecule has 0 nitrogen and oxygen atoms in total. The lowest BCUT2D eigenvalue weighted by Gasteiger charge is -2.10. The van der Waals surface area contributed by atoms with E-state index in [2.05, 4.69) is 36.1 Å². The van der Waals surface area contributed by atoms with E-state index in [1.807, 2.05) is 42.5 Å². The third-order valence-electron chi connectivity index (χ3n) is 4.49. The van der Waals surface area contributed by atoms with E-state index in [1.54, 1.807) is 0 Å². The van der Waals surface area contributed by atoms with E-state index in [1.165, 1.54) is 11.1 Å². The molecule has 3 aromatic carbocycles. The number of benzene rings is 4. The summed E-state index contributed by atoms with van der Waals surface area (Å²) in [6.07, 6.45) is 11.4. The standard InChI is InChI=1S/C18H9Cl.C6H4/c1-3-13-15-7-5-6-8-16(15)14(4-2)18-11-12(19)9-10-17(13)18;1-2-6-4-3-5(1)6/h1-2,5-11H;1-4H. The summed E-state index contributed by atoms with van der Waals surface area (Å²) in [5.74, 6) is 5.54. The molecule has 0 radical (unpaired) electrons. The van der Waals surface area contributed by atoms with Gasteiger partial charge in [-0.15, -0.1) is 12.8 Å².